The van der Waals surface area contributed by atoms with Gasteiger partial charge in [-0.15, -0.1) is 0 Å². The quantitative estimate of drug-likeness (QED) is 0.687. The molecule has 0 radical (unpaired) electrons. The Morgan fingerprint density at radius 3 is 2.83 bits per heavy atom. The van der Waals surface area contributed by atoms with E-state index in [2.05, 4.69) is 21.3 Å². The van der Waals surface area contributed by atoms with Gasteiger partial charge in [0.15, 0.2) is 11.5 Å². The average molecular weight is 391 g/mol. The zero-order valence-electron chi connectivity index (χ0n) is 16.7. The molecule has 4 rings (SSSR count). The number of nitrogens with zero attached hydrogens (tertiary/aromatic N) is 2. The summed E-state index contributed by atoms with van der Waals surface area (Å²) in [5, 5.41) is 4.03. The molecule has 1 fully saturated rings. The highest BCUT2D eigenvalue weighted by molar-refractivity contribution is 5.94. The van der Waals surface area contributed by atoms with Crippen molar-refractivity contribution in [2.45, 2.75) is 18.9 Å². The minimum absolute atomic E-state index is 0.0133. The van der Waals surface area contributed by atoms with E-state index in [0.29, 0.717) is 18.0 Å². The Balaban J connectivity index is 1.45. The van der Waals surface area contributed by atoms with Crippen LogP contribution in [0, 0.1) is 0 Å². The molecule has 1 atom stereocenters. The number of aromatic nitrogens is 1. The molecule has 1 aromatic heterocycles. The molecular weight excluding hydrogens is 366 g/mol. The smallest absolute Gasteiger partial charge is 0.238 e. The maximum atomic E-state index is 12.7. The molecule has 0 saturated carbocycles. The summed E-state index contributed by atoms with van der Waals surface area (Å²) in [6.45, 7) is 1.25. The number of nitrogens with one attached hydrogen (secondary N) is 1. The van der Waals surface area contributed by atoms with E-state index in [1.807, 2.05) is 42.5 Å². The summed E-state index contributed by atoms with van der Waals surface area (Å²) in [5.74, 6) is 1.41. The van der Waals surface area contributed by atoms with E-state index in [0.717, 1.165) is 41.5 Å². The zero-order valence-corrected chi connectivity index (χ0v) is 16.7. The highest BCUT2D eigenvalue weighted by Gasteiger charge is 2.28. The van der Waals surface area contributed by atoms with E-state index in [1.54, 1.807) is 20.4 Å². The topological polar surface area (TPSA) is 63.7 Å². The number of rotatable bonds is 6. The van der Waals surface area contributed by atoms with Crippen LogP contribution in [0.5, 0.6) is 11.5 Å². The van der Waals surface area contributed by atoms with Crippen molar-refractivity contribution in [3.05, 3.63) is 60.3 Å². The van der Waals surface area contributed by atoms with Gasteiger partial charge in [-0.3, -0.25) is 14.7 Å². The van der Waals surface area contributed by atoms with Crippen LogP contribution in [0.2, 0.25) is 0 Å². The van der Waals surface area contributed by atoms with Gasteiger partial charge in [0, 0.05) is 23.3 Å². The van der Waals surface area contributed by atoms with E-state index in [-0.39, 0.29) is 11.9 Å². The zero-order chi connectivity index (χ0) is 20.2. The van der Waals surface area contributed by atoms with Gasteiger partial charge in [0.05, 0.1) is 26.3 Å². The molecule has 1 aliphatic heterocycles. The first-order chi connectivity index (χ1) is 14.2. The van der Waals surface area contributed by atoms with E-state index in [4.69, 9.17) is 9.47 Å². The van der Waals surface area contributed by atoms with E-state index in [1.165, 1.54) is 0 Å². The van der Waals surface area contributed by atoms with Crippen molar-refractivity contribution in [3.63, 3.8) is 0 Å². The van der Waals surface area contributed by atoms with Crippen LogP contribution in [0.15, 0.2) is 54.7 Å². The lowest BCUT2D eigenvalue weighted by molar-refractivity contribution is -0.117. The van der Waals surface area contributed by atoms with Gasteiger partial charge in [-0.2, -0.15) is 0 Å². The Bertz CT molecular complexity index is 1020. The first-order valence-electron chi connectivity index (χ1n) is 9.78. The van der Waals surface area contributed by atoms with Gasteiger partial charge < -0.3 is 14.8 Å². The monoisotopic (exact) mass is 391 g/mol. The van der Waals surface area contributed by atoms with Gasteiger partial charge in [0.2, 0.25) is 5.91 Å². The molecular formula is C23H25N3O3. The first kappa shape index (κ1) is 19.2. The number of carbonyl (C=O) groups is 1. The van der Waals surface area contributed by atoms with Crippen molar-refractivity contribution in [1.29, 1.82) is 0 Å². The predicted molar refractivity (Wildman–Crippen MR) is 113 cm³/mol. The second-order valence-electron chi connectivity index (χ2n) is 7.20. The van der Waals surface area contributed by atoms with Crippen molar-refractivity contribution >= 4 is 22.5 Å². The van der Waals surface area contributed by atoms with Gasteiger partial charge >= 0.3 is 0 Å². The van der Waals surface area contributed by atoms with Gasteiger partial charge in [0.25, 0.3) is 0 Å². The predicted octanol–water partition coefficient (Wildman–Crippen LogP) is 4.03. The van der Waals surface area contributed by atoms with Crippen LogP contribution in [0.1, 0.15) is 24.4 Å². The Morgan fingerprint density at radius 1 is 1.14 bits per heavy atom. The van der Waals surface area contributed by atoms with Crippen molar-refractivity contribution in [1.82, 2.24) is 9.88 Å². The van der Waals surface area contributed by atoms with Crippen LogP contribution in [0.4, 0.5) is 5.69 Å². The molecule has 0 bridgehead atoms. The third-order valence-corrected chi connectivity index (χ3v) is 5.39. The molecule has 1 saturated heterocycles. The van der Waals surface area contributed by atoms with Crippen LogP contribution in [0.3, 0.4) is 0 Å². The summed E-state index contributed by atoms with van der Waals surface area (Å²) in [4.78, 5) is 19.2. The standard InChI is InChI=1S/C23H25N3O3/c1-28-21-10-7-17(14-22(21)29-2)20-6-4-12-26(20)15-23(27)25-18-8-9-19-16(13-18)5-3-11-24-19/h3,5,7-11,13-14,20H,4,6,12,15H2,1-2H3,(H,25,27)/t20-/m0/s1. The summed E-state index contributed by atoms with van der Waals surface area (Å²) in [7, 11) is 3.27. The summed E-state index contributed by atoms with van der Waals surface area (Å²) < 4.78 is 10.8. The number of hydrogen-bond donors (Lipinski definition) is 1. The molecule has 0 aliphatic carbocycles. The minimum Gasteiger partial charge on any atom is -0.493 e. The number of ether oxygens (including phenoxy) is 2. The summed E-state index contributed by atoms with van der Waals surface area (Å²) in [6.07, 6.45) is 3.85. The highest BCUT2D eigenvalue weighted by Crippen LogP contribution is 2.36. The molecule has 0 unspecified atom stereocenters. The fourth-order valence-electron chi connectivity index (χ4n) is 3.99. The van der Waals surface area contributed by atoms with Gasteiger partial charge in [0.1, 0.15) is 0 Å². The number of methoxy groups -OCH3 is 2. The molecule has 150 valence electrons. The maximum absolute atomic E-state index is 12.7. The third-order valence-electron chi connectivity index (χ3n) is 5.39. The fourth-order valence-corrected chi connectivity index (χ4v) is 3.99. The molecule has 1 amide bonds. The van der Waals surface area contributed by atoms with Gasteiger partial charge in [-0.05, 0) is 61.3 Å². The van der Waals surface area contributed by atoms with E-state index in [9.17, 15) is 4.79 Å². The lowest BCUT2D eigenvalue weighted by Crippen LogP contribution is -2.32. The summed E-state index contributed by atoms with van der Waals surface area (Å²) in [6, 6.07) is 15.8. The molecule has 1 aliphatic rings. The largest absolute Gasteiger partial charge is 0.493 e. The Morgan fingerprint density at radius 2 is 2.00 bits per heavy atom. The number of fused-ring (bicyclic) bond motifs is 1. The number of carbonyl (C=O) groups excluding carboxylic acids is 1. The van der Waals surface area contributed by atoms with Gasteiger partial charge in [-0.1, -0.05) is 12.1 Å². The molecule has 2 aromatic carbocycles. The molecule has 6 heteroatoms. The van der Waals surface area contributed by atoms with Crippen LogP contribution in [-0.2, 0) is 4.79 Å². The molecule has 29 heavy (non-hydrogen) atoms. The molecule has 0 spiro atoms. The van der Waals surface area contributed by atoms with Crippen molar-refractivity contribution < 1.29 is 14.3 Å². The number of hydrogen-bond acceptors (Lipinski definition) is 5. The summed E-state index contributed by atoms with van der Waals surface area (Å²) >= 11 is 0. The van der Waals surface area contributed by atoms with Crippen molar-refractivity contribution in [2.24, 2.45) is 0 Å². The number of anilines is 1. The Kier molecular flexibility index (Phi) is 5.62. The number of amides is 1. The molecule has 1 N–H and O–H groups in total. The van der Waals surface area contributed by atoms with Crippen molar-refractivity contribution in [2.75, 3.05) is 32.6 Å². The molecule has 2 heterocycles. The number of pyridine rings is 1. The van der Waals surface area contributed by atoms with Crippen molar-refractivity contribution in [3.8, 4) is 11.5 Å². The third kappa shape index (κ3) is 4.17. The van der Waals surface area contributed by atoms with Crippen LogP contribution in [-0.4, -0.2) is 43.1 Å². The number of benzene rings is 2. The second kappa shape index (κ2) is 8.49. The van der Waals surface area contributed by atoms with E-state index >= 15 is 0 Å². The fraction of sp³-hybridized carbons (Fsp3) is 0.304. The lowest BCUT2D eigenvalue weighted by Gasteiger charge is -2.25. The average Bonchev–Trinajstić information content (AvgIpc) is 3.21. The second-order valence-corrected chi connectivity index (χ2v) is 7.20. The normalized spacial score (nSPS) is 16.7. The van der Waals surface area contributed by atoms with Crippen LogP contribution in [0.25, 0.3) is 10.9 Å². The molecule has 6 nitrogen and oxygen atoms in total. The number of likely N-dealkylation sites (tertiary alicyclic amines) is 1. The SMILES string of the molecule is COc1ccc([C@@H]2CCCN2CC(=O)Nc2ccc3ncccc3c2)cc1OC. The van der Waals surface area contributed by atoms with E-state index < -0.39 is 0 Å². The maximum Gasteiger partial charge on any atom is 0.238 e. The van der Waals surface area contributed by atoms with Gasteiger partial charge in [-0.25, -0.2) is 0 Å². The lowest BCUT2D eigenvalue weighted by atomic mass is 10.0. The first-order valence-corrected chi connectivity index (χ1v) is 9.78. The van der Waals surface area contributed by atoms with Crippen LogP contribution >= 0.6 is 0 Å². The highest BCUT2D eigenvalue weighted by atomic mass is 16.5. The molecule has 3 aromatic rings. The summed E-state index contributed by atoms with van der Waals surface area (Å²) in [5.41, 5.74) is 2.85. The van der Waals surface area contributed by atoms with Crippen LogP contribution < -0.4 is 14.8 Å². The Labute approximate surface area is 170 Å². The Hall–Kier alpha value is -3.12. The minimum atomic E-state index is -0.0133.